The fourth-order valence-electron chi connectivity index (χ4n) is 2.52. The van der Waals surface area contributed by atoms with Crippen LogP contribution < -0.4 is 14.2 Å². The van der Waals surface area contributed by atoms with Crippen LogP contribution in [0.4, 0.5) is 0 Å². The van der Waals surface area contributed by atoms with Crippen molar-refractivity contribution in [2.24, 2.45) is 0 Å². The van der Waals surface area contributed by atoms with Crippen molar-refractivity contribution in [1.82, 2.24) is 4.90 Å². The average molecular weight is 337 g/mol. The quantitative estimate of drug-likeness (QED) is 0.614. The summed E-state index contributed by atoms with van der Waals surface area (Å²) in [7, 11) is 4.53. The van der Waals surface area contributed by atoms with Gasteiger partial charge in [0.05, 0.1) is 21.3 Å². The first-order chi connectivity index (χ1) is 11.5. The number of benzene rings is 1. The number of Topliss-reactive ketones (excluding diaryl/α,β-unsaturated/α-hetero) is 1. The number of hydrogen-bond donors (Lipinski definition) is 0. The lowest BCUT2D eigenvalue weighted by atomic mass is 10.0. The van der Waals surface area contributed by atoms with Crippen LogP contribution in [0.3, 0.4) is 0 Å². The van der Waals surface area contributed by atoms with Gasteiger partial charge in [0.15, 0.2) is 17.3 Å². The summed E-state index contributed by atoms with van der Waals surface area (Å²) in [5.41, 5.74) is 0.486. The smallest absolute Gasteiger partial charge is 0.222 e. The minimum Gasteiger partial charge on any atom is -0.493 e. The summed E-state index contributed by atoms with van der Waals surface area (Å²) in [5.74, 6) is 1.37. The maximum atomic E-state index is 12.4. The van der Waals surface area contributed by atoms with Crippen molar-refractivity contribution in [3.05, 3.63) is 17.7 Å². The minimum absolute atomic E-state index is 0.0541. The number of carbonyl (C=O) groups is 2. The molecule has 1 aromatic carbocycles. The third kappa shape index (κ3) is 4.88. The second-order valence-electron chi connectivity index (χ2n) is 5.26. The number of ether oxygens (including phenoxy) is 3. The zero-order valence-corrected chi connectivity index (χ0v) is 15.2. The van der Waals surface area contributed by atoms with Gasteiger partial charge in [0.25, 0.3) is 0 Å². The molecule has 0 N–H and O–H groups in total. The molecule has 0 heterocycles. The summed E-state index contributed by atoms with van der Waals surface area (Å²) in [6, 6.07) is 3.27. The number of nitrogens with zero attached hydrogens (tertiary/aromatic N) is 1. The van der Waals surface area contributed by atoms with E-state index in [2.05, 4.69) is 0 Å². The van der Waals surface area contributed by atoms with Crippen molar-refractivity contribution in [2.45, 2.75) is 33.1 Å². The van der Waals surface area contributed by atoms with Gasteiger partial charge in [-0.25, -0.2) is 0 Å². The van der Waals surface area contributed by atoms with Crippen molar-refractivity contribution >= 4 is 11.7 Å². The molecule has 24 heavy (non-hydrogen) atoms. The van der Waals surface area contributed by atoms with Crippen LogP contribution in [0.15, 0.2) is 12.1 Å². The van der Waals surface area contributed by atoms with E-state index >= 15 is 0 Å². The Labute approximate surface area is 143 Å². The Morgan fingerprint density at radius 1 is 0.917 bits per heavy atom. The summed E-state index contributed by atoms with van der Waals surface area (Å²) >= 11 is 0. The van der Waals surface area contributed by atoms with Crippen molar-refractivity contribution in [3.8, 4) is 17.2 Å². The van der Waals surface area contributed by atoms with Gasteiger partial charge in [0.1, 0.15) is 0 Å². The van der Waals surface area contributed by atoms with Gasteiger partial charge in [-0.05, 0) is 32.4 Å². The summed E-state index contributed by atoms with van der Waals surface area (Å²) < 4.78 is 15.8. The minimum atomic E-state index is -0.0541. The Morgan fingerprint density at radius 2 is 1.46 bits per heavy atom. The average Bonchev–Trinajstić information content (AvgIpc) is 2.61. The van der Waals surface area contributed by atoms with Crippen LogP contribution in [0.25, 0.3) is 0 Å². The topological polar surface area (TPSA) is 65.1 Å². The Kier molecular flexibility index (Phi) is 8.09. The van der Waals surface area contributed by atoms with E-state index in [0.717, 1.165) is 0 Å². The zero-order chi connectivity index (χ0) is 18.1. The Balaban J connectivity index is 2.76. The molecule has 0 bridgehead atoms. The van der Waals surface area contributed by atoms with Gasteiger partial charge in [-0.1, -0.05) is 0 Å². The number of methoxy groups -OCH3 is 3. The highest BCUT2D eigenvalue weighted by Crippen LogP contribution is 2.38. The first-order valence-electron chi connectivity index (χ1n) is 8.13. The maximum absolute atomic E-state index is 12.4. The van der Waals surface area contributed by atoms with Crippen molar-refractivity contribution in [2.75, 3.05) is 34.4 Å². The van der Waals surface area contributed by atoms with Gasteiger partial charge in [-0.2, -0.15) is 0 Å². The van der Waals surface area contributed by atoms with E-state index < -0.39 is 0 Å². The highest BCUT2D eigenvalue weighted by molar-refractivity contribution is 5.97. The Bertz CT molecular complexity index is 542. The van der Waals surface area contributed by atoms with Crippen LogP contribution >= 0.6 is 0 Å². The highest BCUT2D eigenvalue weighted by atomic mass is 16.5. The molecule has 0 aliphatic carbocycles. The molecule has 1 rings (SSSR count). The van der Waals surface area contributed by atoms with Gasteiger partial charge in [0.2, 0.25) is 11.7 Å². The van der Waals surface area contributed by atoms with Crippen LogP contribution in [0.1, 0.15) is 43.5 Å². The van der Waals surface area contributed by atoms with Crippen LogP contribution in [0.2, 0.25) is 0 Å². The molecule has 0 atom stereocenters. The molecule has 0 aliphatic rings. The van der Waals surface area contributed by atoms with Crippen molar-refractivity contribution in [3.63, 3.8) is 0 Å². The van der Waals surface area contributed by atoms with Crippen molar-refractivity contribution in [1.29, 1.82) is 0 Å². The van der Waals surface area contributed by atoms with E-state index in [1.807, 2.05) is 13.8 Å². The molecular formula is C18H27NO5. The second kappa shape index (κ2) is 9.80. The van der Waals surface area contributed by atoms with Crippen LogP contribution in [0, 0.1) is 0 Å². The van der Waals surface area contributed by atoms with Crippen LogP contribution in [-0.2, 0) is 4.79 Å². The lowest BCUT2D eigenvalue weighted by Gasteiger charge is -2.18. The Hall–Kier alpha value is -2.24. The summed E-state index contributed by atoms with van der Waals surface area (Å²) in [5, 5.41) is 0. The van der Waals surface area contributed by atoms with E-state index in [9.17, 15) is 9.59 Å². The maximum Gasteiger partial charge on any atom is 0.222 e. The molecule has 0 unspecified atom stereocenters. The first-order valence-corrected chi connectivity index (χ1v) is 8.13. The van der Waals surface area contributed by atoms with Crippen molar-refractivity contribution < 1.29 is 23.8 Å². The molecule has 0 aliphatic heterocycles. The molecule has 1 amide bonds. The molecule has 0 saturated carbocycles. The molecule has 0 saturated heterocycles. The molecular weight excluding hydrogens is 310 g/mol. The predicted octanol–water partition coefficient (Wildman–Crippen LogP) is 2.93. The molecule has 0 spiro atoms. The number of amides is 1. The normalized spacial score (nSPS) is 10.2. The van der Waals surface area contributed by atoms with Gasteiger partial charge in [-0.3, -0.25) is 9.59 Å². The summed E-state index contributed by atoms with van der Waals surface area (Å²) in [4.78, 5) is 26.1. The number of rotatable bonds is 10. The Morgan fingerprint density at radius 3 is 1.88 bits per heavy atom. The third-order valence-corrected chi connectivity index (χ3v) is 3.90. The molecule has 6 heteroatoms. The second-order valence-corrected chi connectivity index (χ2v) is 5.26. The number of ketones is 1. The lowest BCUT2D eigenvalue weighted by molar-refractivity contribution is -0.130. The van der Waals surface area contributed by atoms with E-state index in [1.54, 1.807) is 17.0 Å². The fourth-order valence-corrected chi connectivity index (χ4v) is 2.52. The third-order valence-electron chi connectivity index (χ3n) is 3.90. The standard InChI is InChI=1S/C18H27NO5/c1-6-19(7-2)17(21)10-8-9-14(20)13-11-15(22-3)18(24-5)16(12-13)23-4/h11-12H,6-10H2,1-5H3. The molecule has 6 nitrogen and oxygen atoms in total. The number of hydrogen-bond acceptors (Lipinski definition) is 5. The van der Waals surface area contributed by atoms with E-state index in [4.69, 9.17) is 14.2 Å². The van der Waals surface area contributed by atoms with Crippen LogP contribution in [-0.4, -0.2) is 51.0 Å². The molecule has 0 aromatic heterocycles. The largest absolute Gasteiger partial charge is 0.493 e. The fraction of sp³-hybridized carbons (Fsp3) is 0.556. The molecule has 1 aromatic rings. The van der Waals surface area contributed by atoms with E-state index in [-0.39, 0.29) is 11.7 Å². The first kappa shape index (κ1) is 19.8. The molecule has 0 fully saturated rings. The van der Waals surface area contributed by atoms with Gasteiger partial charge >= 0.3 is 0 Å². The van der Waals surface area contributed by atoms with E-state index in [1.165, 1.54) is 21.3 Å². The van der Waals surface area contributed by atoms with Crippen LogP contribution in [0.5, 0.6) is 17.2 Å². The van der Waals surface area contributed by atoms with E-state index in [0.29, 0.717) is 55.2 Å². The summed E-state index contributed by atoms with van der Waals surface area (Å²) in [6.45, 7) is 5.28. The predicted molar refractivity (Wildman–Crippen MR) is 92.2 cm³/mol. The molecule has 0 radical (unpaired) electrons. The zero-order valence-electron chi connectivity index (χ0n) is 15.2. The SMILES string of the molecule is CCN(CC)C(=O)CCCC(=O)c1cc(OC)c(OC)c(OC)c1. The van der Waals surface area contributed by atoms with Gasteiger partial charge < -0.3 is 19.1 Å². The monoisotopic (exact) mass is 337 g/mol. The summed E-state index contributed by atoms with van der Waals surface area (Å²) in [6.07, 6.45) is 1.19. The molecule has 134 valence electrons. The van der Waals surface area contributed by atoms with Gasteiger partial charge in [-0.15, -0.1) is 0 Å². The highest BCUT2D eigenvalue weighted by Gasteiger charge is 2.17. The number of carbonyl (C=O) groups excluding carboxylic acids is 2. The van der Waals surface area contributed by atoms with Gasteiger partial charge in [0, 0.05) is 31.5 Å². The lowest BCUT2D eigenvalue weighted by Crippen LogP contribution is -2.30.